The van der Waals surface area contributed by atoms with Gasteiger partial charge in [0.25, 0.3) is 5.91 Å². The SMILES string of the molecule is COc1cc(C(=O)N[C@@H](C)Cn2cncn2)ccc1OC1CCN(C(C)=O)CC1. The van der Waals surface area contributed by atoms with Gasteiger partial charge in [-0.05, 0) is 25.1 Å². The van der Waals surface area contributed by atoms with Crippen LogP contribution in [-0.2, 0) is 11.3 Å². The van der Waals surface area contributed by atoms with Crippen molar-refractivity contribution in [1.82, 2.24) is 25.0 Å². The highest BCUT2D eigenvalue weighted by Crippen LogP contribution is 2.30. The van der Waals surface area contributed by atoms with E-state index in [0.717, 1.165) is 12.8 Å². The van der Waals surface area contributed by atoms with E-state index in [0.29, 0.717) is 36.7 Å². The Hall–Kier alpha value is -3.10. The first-order chi connectivity index (χ1) is 14.0. The topological polar surface area (TPSA) is 98.6 Å². The van der Waals surface area contributed by atoms with Gasteiger partial charge >= 0.3 is 0 Å². The smallest absolute Gasteiger partial charge is 0.251 e. The molecule has 1 saturated heterocycles. The Balaban J connectivity index is 1.59. The Kier molecular flexibility index (Phi) is 6.69. The number of methoxy groups -OCH3 is 1. The second kappa shape index (κ2) is 9.40. The van der Waals surface area contributed by atoms with Crippen molar-refractivity contribution < 1.29 is 19.1 Å². The quantitative estimate of drug-likeness (QED) is 0.755. The van der Waals surface area contributed by atoms with Crippen LogP contribution in [-0.4, -0.2) is 63.8 Å². The van der Waals surface area contributed by atoms with Crippen molar-refractivity contribution in [1.29, 1.82) is 0 Å². The molecule has 9 nitrogen and oxygen atoms in total. The number of aromatic nitrogens is 3. The predicted molar refractivity (Wildman–Crippen MR) is 106 cm³/mol. The molecular weight excluding hydrogens is 374 g/mol. The van der Waals surface area contributed by atoms with Gasteiger partial charge in [0.15, 0.2) is 11.5 Å². The van der Waals surface area contributed by atoms with Crippen molar-refractivity contribution in [3.63, 3.8) is 0 Å². The molecule has 9 heteroatoms. The number of rotatable bonds is 7. The maximum Gasteiger partial charge on any atom is 0.251 e. The molecule has 1 aliphatic heterocycles. The number of amides is 2. The summed E-state index contributed by atoms with van der Waals surface area (Å²) in [5.41, 5.74) is 0.492. The summed E-state index contributed by atoms with van der Waals surface area (Å²) in [5.74, 6) is 1.00. The fourth-order valence-corrected chi connectivity index (χ4v) is 3.33. The lowest BCUT2D eigenvalue weighted by Gasteiger charge is -2.31. The molecule has 1 fully saturated rings. The van der Waals surface area contributed by atoms with Gasteiger partial charge in [0.2, 0.25) is 5.91 Å². The fraction of sp³-hybridized carbons (Fsp3) is 0.500. The normalized spacial score (nSPS) is 15.6. The van der Waals surface area contributed by atoms with Crippen molar-refractivity contribution in [2.45, 2.75) is 45.4 Å². The monoisotopic (exact) mass is 401 g/mol. The molecular formula is C20H27N5O4. The molecule has 1 aliphatic rings. The number of piperidine rings is 1. The van der Waals surface area contributed by atoms with E-state index in [2.05, 4.69) is 15.4 Å². The third kappa shape index (κ3) is 5.46. The minimum atomic E-state index is -0.197. The van der Waals surface area contributed by atoms with Crippen LogP contribution in [0.1, 0.15) is 37.0 Å². The van der Waals surface area contributed by atoms with Crippen LogP contribution in [0.25, 0.3) is 0 Å². The van der Waals surface area contributed by atoms with Crippen molar-refractivity contribution in [2.75, 3.05) is 20.2 Å². The Morgan fingerprint density at radius 3 is 2.66 bits per heavy atom. The van der Waals surface area contributed by atoms with Crippen LogP contribution in [0.15, 0.2) is 30.9 Å². The summed E-state index contributed by atoms with van der Waals surface area (Å²) in [6.45, 7) is 5.39. The molecule has 2 amide bonds. The molecule has 1 atom stereocenters. The number of carbonyl (C=O) groups is 2. The van der Waals surface area contributed by atoms with Crippen LogP contribution >= 0.6 is 0 Å². The molecule has 0 radical (unpaired) electrons. The zero-order chi connectivity index (χ0) is 20.8. The van der Waals surface area contributed by atoms with Gasteiger partial charge < -0.3 is 19.7 Å². The number of benzene rings is 1. The lowest BCUT2D eigenvalue weighted by atomic mass is 10.1. The van der Waals surface area contributed by atoms with Gasteiger partial charge in [-0.15, -0.1) is 0 Å². The Morgan fingerprint density at radius 2 is 2.03 bits per heavy atom. The maximum absolute atomic E-state index is 12.6. The third-order valence-corrected chi connectivity index (χ3v) is 4.91. The first-order valence-corrected chi connectivity index (χ1v) is 9.69. The average Bonchev–Trinajstić information content (AvgIpc) is 3.21. The molecule has 3 rings (SSSR count). The Morgan fingerprint density at radius 1 is 1.28 bits per heavy atom. The third-order valence-electron chi connectivity index (χ3n) is 4.91. The van der Waals surface area contributed by atoms with Crippen LogP contribution in [0.3, 0.4) is 0 Å². The first kappa shape index (κ1) is 20.6. The van der Waals surface area contributed by atoms with Crippen molar-refractivity contribution in [2.24, 2.45) is 0 Å². The predicted octanol–water partition coefficient (Wildman–Crippen LogP) is 1.49. The molecule has 1 aromatic heterocycles. The molecule has 1 N–H and O–H groups in total. The van der Waals surface area contributed by atoms with E-state index in [1.165, 1.54) is 6.33 Å². The minimum Gasteiger partial charge on any atom is -0.493 e. The standard InChI is InChI=1S/C20H27N5O4/c1-14(11-25-13-21-12-22-25)23-20(27)16-4-5-18(19(10-16)28-3)29-17-6-8-24(9-7-17)15(2)26/h4-5,10,12-14,17H,6-9,11H2,1-3H3,(H,23,27)/t14-/m0/s1. The number of ether oxygens (including phenoxy) is 2. The van der Waals surface area contributed by atoms with E-state index in [1.807, 2.05) is 11.8 Å². The second-order valence-corrected chi connectivity index (χ2v) is 7.18. The van der Waals surface area contributed by atoms with E-state index in [4.69, 9.17) is 9.47 Å². The van der Waals surface area contributed by atoms with E-state index in [-0.39, 0.29) is 24.0 Å². The molecule has 2 aromatic rings. The number of hydrogen-bond acceptors (Lipinski definition) is 6. The number of hydrogen-bond donors (Lipinski definition) is 1. The van der Waals surface area contributed by atoms with Crippen LogP contribution < -0.4 is 14.8 Å². The largest absolute Gasteiger partial charge is 0.493 e. The number of likely N-dealkylation sites (tertiary alicyclic amines) is 1. The zero-order valence-electron chi connectivity index (χ0n) is 17.0. The zero-order valence-corrected chi connectivity index (χ0v) is 17.0. The summed E-state index contributed by atoms with van der Waals surface area (Å²) in [4.78, 5) is 29.7. The molecule has 1 aromatic carbocycles. The lowest BCUT2D eigenvalue weighted by Crippen LogP contribution is -2.40. The summed E-state index contributed by atoms with van der Waals surface area (Å²) >= 11 is 0. The Bertz CT molecular complexity index is 831. The minimum absolute atomic E-state index is 0.0156. The van der Waals surface area contributed by atoms with Gasteiger partial charge in [-0.1, -0.05) is 0 Å². The molecule has 0 bridgehead atoms. The van der Waals surface area contributed by atoms with E-state index in [9.17, 15) is 9.59 Å². The highest BCUT2D eigenvalue weighted by atomic mass is 16.5. The Labute approximate surface area is 170 Å². The summed E-state index contributed by atoms with van der Waals surface area (Å²) in [6, 6.07) is 5.04. The molecule has 29 heavy (non-hydrogen) atoms. The fourth-order valence-electron chi connectivity index (χ4n) is 3.33. The molecule has 0 aliphatic carbocycles. The van der Waals surface area contributed by atoms with Crippen molar-refractivity contribution >= 4 is 11.8 Å². The van der Waals surface area contributed by atoms with Crippen molar-refractivity contribution in [3.8, 4) is 11.5 Å². The summed E-state index contributed by atoms with van der Waals surface area (Å²) in [7, 11) is 1.55. The second-order valence-electron chi connectivity index (χ2n) is 7.18. The first-order valence-electron chi connectivity index (χ1n) is 9.69. The van der Waals surface area contributed by atoms with E-state index < -0.39 is 0 Å². The van der Waals surface area contributed by atoms with Gasteiger partial charge in [-0.3, -0.25) is 14.3 Å². The van der Waals surface area contributed by atoms with Crippen LogP contribution in [0, 0.1) is 0 Å². The molecule has 0 spiro atoms. The summed E-state index contributed by atoms with van der Waals surface area (Å²) < 4.78 is 13.2. The number of nitrogens with one attached hydrogen (secondary N) is 1. The van der Waals surface area contributed by atoms with E-state index in [1.54, 1.807) is 43.2 Å². The van der Waals surface area contributed by atoms with E-state index >= 15 is 0 Å². The maximum atomic E-state index is 12.6. The van der Waals surface area contributed by atoms with Crippen LogP contribution in [0.2, 0.25) is 0 Å². The highest BCUT2D eigenvalue weighted by molar-refractivity contribution is 5.95. The number of nitrogens with zero attached hydrogens (tertiary/aromatic N) is 4. The van der Waals surface area contributed by atoms with Gasteiger partial charge in [0.05, 0.1) is 13.7 Å². The van der Waals surface area contributed by atoms with Crippen LogP contribution in [0.4, 0.5) is 0 Å². The number of carbonyl (C=O) groups excluding carboxylic acids is 2. The molecule has 0 saturated carbocycles. The van der Waals surface area contributed by atoms with Crippen LogP contribution in [0.5, 0.6) is 11.5 Å². The van der Waals surface area contributed by atoms with Gasteiger partial charge in [0.1, 0.15) is 18.8 Å². The average molecular weight is 401 g/mol. The molecule has 156 valence electrons. The van der Waals surface area contributed by atoms with Crippen molar-refractivity contribution in [3.05, 3.63) is 36.4 Å². The van der Waals surface area contributed by atoms with Gasteiger partial charge in [0, 0.05) is 44.5 Å². The molecule has 2 heterocycles. The lowest BCUT2D eigenvalue weighted by molar-refractivity contribution is -0.130. The van der Waals surface area contributed by atoms with Gasteiger partial charge in [-0.25, -0.2) is 4.98 Å². The summed E-state index contributed by atoms with van der Waals surface area (Å²) in [5, 5.41) is 6.98. The van der Waals surface area contributed by atoms with Gasteiger partial charge in [-0.2, -0.15) is 5.10 Å². The molecule has 0 unspecified atom stereocenters. The highest BCUT2D eigenvalue weighted by Gasteiger charge is 2.23. The summed E-state index contributed by atoms with van der Waals surface area (Å²) in [6.07, 6.45) is 4.62.